The summed E-state index contributed by atoms with van der Waals surface area (Å²) in [5.74, 6) is 4.95. The molecule has 0 bridgehead atoms. The number of hydrogen-bond acceptors (Lipinski definition) is 4. The molecule has 3 saturated carbocycles. The van der Waals surface area contributed by atoms with Crippen molar-refractivity contribution in [1.29, 1.82) is 10.5 Å². The highest BCUT2D eigenvalue weighted by Crippen LogP contribution is 2.67. The predicted molar refractivity (Wildman–Crippen MR) is 155 cm³/mol. The van der Waals surface area contributed by atoms with Crippen molar-refractivity contribution in [3.8, 4) is 12.1 Å². The number of nitrogens with zero attached hydrogens (tertiary/aromatic N) is 3. The van der Waals surface area contributed by atoms with Crippen LogP contribution in [0.2, 0.25) is 0 Å². The largest absolute Gasteiger partial charge is 0.446 e. The smallest absolute Gasteiger partial charge is 0.410 e. The maximum absolute atomic E-state index is 12.9. The summed E-state index contributed by atoms with van der Waals surface area (Å²) in [6.07, 6.45) is 16.3. The first-order valence-electron chi connectivity index (χ1n) is 16.0. The van der Waals surface area contributed by atoms with Gasteiger partial charge in [0.25, 0.3) is 0 Å². The normalized spacial score (nSPS) is 36.0. The molecule has 1 amide bonds. The molecule has 4 aliphatic rings. The number of fused-ring (bicyclic) bond motifs is 5. The second-order valence-corrected chi connectivity index (χ2v) is 14.3. The lowest BCUT2D eigenvalue weighted by Gasteiger charge is -2.58. The second-order valence-electron chi connectivity index (χ2n) is 14.3. The van der Waals surface area contributed by atoms with Gasteiger partial charge in [0, 0.05) is 19.5 Å². The molecule has 0 aromatic carbocycles. The molecule has 5 nitrogen and oxygen atoms in total. The van der Waals surface area contributed by atoms with Crippen LogP contribution in [0.4, 0.5) is 4.79 Å². The third-order valence-electron chi connectivity index (χ3n) is 11.8. The van der Waals surface area contributed by atoms with Crippen molar-refractivity contribution in [1.82, 2.24) is 4.90 Å². The lowest BCUT2D eigenvalue weighted by atomic mass is 9.47. The number of rotatable bonds is 10. The summed E-state index contributed by atoms with van der Waals surface area (Å²) in [7, 11) is 0. The van der Waals surface area contributed by atoms with E-state index in [4.69, 9.17) is 15.3 Å². The van der Waals surface area contributed by atoms with E-state index in [-0.39, 0.29) is 30.5 Å². The molecule has 3 fully saturated rings. The van der Waals surface area contributed by atoms with Gasteiger partial charge in [-0.2, -0.15) is 10.5 Å². The Bertz CT molecular complexity index is 958. The zero-order chi connectivity index (χ0) is 28.2. The van der Waals surface area contributed by atoms with Crippen LogP contribution >= 0.6 is 0 Å². The molecule has 8 atom stereocenters. The van der Waals surface area contributed by atoms with E-state index < -0.39 is 0 Å². The molecular weight excluding hydrogens is 482 g/mol. The molecule has 216 valence electrons. The van der Waals surface area contributed by atoms with Crippen LogP contribution in [-0.2, 0) is 4.74 Å². The van der Waals surface area contributed by atoms with Crippen LogP contribution in [0.25, 0.3) is 0 Å². The fourth-order valence-corrected chi connectivity index (χ4v) is 9.63. The molecule has 0 radical (unpaired) electrons. The number of nitriles is 2. The molecule has 0 aromatic heterocycles. The van der Waals surface area contributed by atoms with Gasteiger partial charge in [0.05, 0.1) is 25.0 Å². The molecule has 0 spiro atoms. The average Bonchev–Trinajstić information content (AvgIpc) is 3.26. The van der Waals surface area contributed by atoms with Crippen molar-refractivity contribution in [2.75, 3.05) is 13.1 Å². The van der Waals surface area contributed by atoms with Crippen LogP contribution < -0.4 is 0 Å². The molecular formula is C34H53N3O2. The molecule has 0 N–H and O–H groups in total. The van der Waals surface area contributed by atoms with Crippen LogP contribution in [0.5, 0.6) is 0 Å². The highest BCUT2D eigenvalue weighted by Gasteiger charge is 2.59. The minimum absolute atomic E-state index is 0.101. The predicted octanol–water partition coefficient (Wildman–Crippen LogP) is 8.66. The molecule has 4 rings (SSSR count). The highest BCUT2D eigenvalue weighted by molar-refractivity contribution is 5.68. The van der Waals surface area contributed by atoms with Gasteiger partial charge >= 0.3 is 6.09 Å². The molecule has 0 unspecified atom stereocenters. The van der Waals surface area contributed by atoms with E-state index in [9.17, 15) is 4.79 Å². The second kappa shape index (κ2) is 12.7. The van der Waals surface area contributed by atoms with Gasteiger partial charge in [0.15, 0.2) is 0 Å². The van der Waals surface area contributed by atoms with Gasteiger partial charge in [-0.25, -0.2) is 4.79 Å². The Hall–Kier alpha value is -2.01. The number of hydrogen-bond donors (Lipinski definition) is 0. The van der Waals surface area contributed by atoms with Gasteiger partial charge < -0.3 is 9.64 Å². The van der Waals surface area contributed by atoms with Crippen molar-refractivity contribution in [2.24, 2.45) is 46.3 Å². The summed E-state index contributed by atoms with van der Waals surface area (Å²) in [4.78, 5) is 14.4. The molecule has 0 aliphatic heterocycles. The Morgan fingerprint density at radius 2 is 1.74 bits per heavy atom. The van der Waals surface area contributed by atoms with Gasteiger partial charge in [-0.1, -0.05) is 65.5 Å². The topological polar surface area (TPSA) is 77.1 Å². The quantitative estimate of drug-likeness (QED) is 0.262. The number of amides is 1. The van der Waals surface area contributed by atoms with Crippen LogP contribution in [0.3, 0.4) is 0 Å². The van der Waals surface area contributed by atoms with Gasteiger partial charge in [-0.15, -0.1) is 0 Å². The lowest BCUT2D eigenvalue weighted by Crippen LogP contribution is -2.51. The molecule has 0 heterocycles. The summed E-state index contributed by atoms with van der Waals surface area (Å²) >= 11 is 0. The van der Waals surface area contributed by atoms with E-state index >= 15 is 0 Å². The van der Waals surface area contributed by atoms with Crippen molar-refractivity contribution >= 4 is 6.09 Å². The Morgan fingerprint density at radius 1 is 1.03 bits per heavy atom. The summed E-state index contributed by atoms with van der Waals surface area (Å²) < 4.78 is 5.98. The maximum atomic E-state index is 12.9. The monoisotopic (exact) mass is 535 g/mol. The minimum Gasteiger partial charge on any atom is -0.446 e. The number of allylic oxidation sites excluding steroid dienone is 1. The Kier molecular flexibility index (Phi) is 9.73. The van der Waals surface area contributed by atoms with E-state index in [1.807, 2.05) is 0 Å². The summed E-state index contributed by atoms with van der Waals surface area (Å²) in [6, 6.07) is 4.20. The van der Waals surface area contributed by atoms with Crippen molar-refractivity contribution in [3.05, 3.63) is 11.6 Å². The fourth-order valence-electron chi connectivity index (χ4n) is 9.63. The number of ether oxygens (including phenoxy) is 1. The van der Waals surface area contributed by atoms with Gasteiger partial charge in [-0.3, -0.25) is 0 Å². The number of carbonyl (C=O) groups is 1. The van der Waals surface area contributed by atoms with E-state index in [0.717, 1.165) is 54.8 Å². The third-order valence-corrected chi connectivity index (χ3v) is 11.8. The zero-order valence-electron chi connectivity index (χ0n) is 25.4. The lowest BCUT2D eigenvalue weighted by molar-refractivity contribution is -0.0593. The summed E-state index contributed by atoms with van der Waals surface area (Å²) in [5.41, 5.74) is 2.26. The molecule has 4 aliphatic carbocycles. The molecule has 5 heteroatoms. The summed E-state index contributed by atoms with van der Waals surface area (Å²) in [6.45, 7) is 13.1. The first-order valence-corrected chi connectivity index (χ1v) is 16.0. The van der Waals surface area contributed by atoms with E-state index in [2.05, 4.69) is 52.8 Å². The van der Waals surface area contributed by atoms with Crippen LogP contribution in [0.1, 0.15) is 118 Å². The first-order chi connectivity index (χ1) is 18.6. The average molecular weight is 536 g/mol. The Balaban J connectivity index is 1.40. The number of carbonyl (C=O) groups excluding carboxylic acids is 1. The van der Waals surface area contributed by atoms with E-state index in [1.165, 1.54) is 61.8 Å². The van der Waals surface area contributed by atoms with Gasteiger partial charge in [0.2, 0.25) is 0 Å². The standard InChI is InChI=1S/C34H53N3O2/c1-24(2)9-6-10-25(3)29-13-14-30-28-12-11-26-23-27(39-32(38)37(21-7-19-35)22-8-20-36)15-17-33(26,4)31(28)16-18-34(29,30)5/h11,24-25,27-31H,6-10,12-18,21-23H2,1-5H3/t25-,27-,28+,29-,30+,31+,33+,34-/m1/s1. The molecule has 0 aromatic rings. The maximum Gasteiger partial charge on any atom is 0.410 e. The highest BCUT2D eigenvalue weighted by atomic mass is 16.6. The van der Waals surface area contributed by atoms with Crippen LogP contribution in [0.15, 0.2) is 11.6 Å². The van der Waals surface area contributed by atoms with Gasteiger partial charge in [0.1, 0.15) is 6.10 Å². The summed E-state index contributed by atoms with van der Waals surface area (Å²) in [5, 5.41) is 17.9. The third kappa shape index (κ3) is 6.19. The molecule has 0 saturated heterocycles. The Morgan fingerprint density at radius 3 is 2.41 bits per heavy atom. The van der Waals surface area contributed by atoms with Gasteiger partial charge in [-0.05, 0) is 91.3 Å². The SMILES string of the molecule is CC(C)CCC[C@@H](C)[C@H]1CC[C@H]2[C@@H]3CC=C4C[C@H](OC(=O)N(CCC#N)CCC#N)CC[C@]4(C)[C@H]3CC[C@]12C. The Labute approximate surface area is 238 Å². The van der Waals surface area contributed by atoms with Crippen molar-refractivity contribution in [2.45, 2.75) is 124 Å². The fraction of sp³-hybridized carbons (Fsp3) is 0.853. The van der Waals surface area contributed by atoms with Crippen molar-refractivity contribution < 1.29 is 9.53 Å². The van der Waals surface area contributed by atoms with E-state index in [0.29, 0.717) is 18.5 Å². The molecule has 39 heavy (non-hydrogen) atoms. The van der Waals surface area contributed by atoms with Crippen LogP contribution in [-0.4, -0.2) is 30.2 Å². The van der Waals surface area contributed by atoms with Crippen LogP contribution in [0, 0.1) is 69.0 Å². The van der Waals surface area contributed by atoms with Crippen molar-refractivity contribution in [3.63, 3.8) is 0 Å². The first kappa shape index (κ1) is 30.0. The van der Waals surface area contributed by atoms with E-state index in [1.54, 1.807) is 0 Å². The minimum atomic E-state index is -0.365. The zero-order valence-corrected chi connectivity index (χ0v) is 25.4.